The summed E-state index contributed by atoms with van der Waals surface area (Å²) in [5.74, 6) is -2.32. The van der Waals surface area contributed by atoms with Crippen molar-refractivity contribution in [3.8, 4) is 0 Å². The number of carboxylic acid groups (broad SMARTS) is 1. The topological polar surface area (TPSA) is 104 Å². The van der Waals surface area contributed by atoms with Crippen LogP contribution in [0.2, 0.25) is 0 Å². The molecule has 3 rings (SSSR count). The molecule has 0 spiro atoms. The molecule has 2 aromatic rings. The molecule has 0 aromatic heterocycles. The molecule has 1 aliphatic heterocycles. The Morgan fingerprint density at radius 2 is 1.46 bits per heavy atom. The molecule has 0 saturated carbocycles. The fraction of sp³-hybridized carbons (Fsp3) is 0.238. The number of benzene rings is 2. The molecular formula is C21H20N2O5. The van der Waals surface area contributed by atoms with E-state index in [1.807, 2.05) is 0 Å². The van der Waals surface area contributed by atoms with E-state index in [-0.39, 0.29) is 12.8 Å². The van der Waals surface area contributed by atoms with Crippen molar-refractivity contribution in [1.82, 2.24) is 10.2 Å². The molecule has 2 aromatic carbocycles. The predicted molar refractivity (Wildman–Crippen MR) is 101 cm³/mol. The third-order valence-corrected chi connectivity index (χ3v) is 4.66. The van der Waals surface area contributed by atoms with Gasteiger partial charge in [-0.2, -0.15) is 0 Å². The number of carbonyl (C=O) groups is 4. The van der Waals surface area contributed by atoms with Gasteiger partial charge in [0, 0.05) is 12.5 Å². The zero-order chi connectivity index (χ0) is 20.3. The fourth-order valence-corrected chi connectivity index (χ4v) is 3.33. The summed E-state index contributed by atoms with van der Waals surface area (Å²) in [7, 11) is 0. The molecule has 2 atom stereocenters. The second kappa shape index (κ2) is 8.04. The molecular weight excluding hydrogens is 360 g/mol. The van der Waals surface area contributed by atoms with Crippen molar-refractivity contribution < 1.29 is 24.3 Å². The first kappa shape index (κ1) is 19.3. The Morgan fingerprint density at radius 1 is 0.929 bits per heavy atom. The maximum atomic E-state index is 12.5. The first-order valence-corrected chi connectivity index (χ1v) is 8.91. The van der Waals surface area contributed by atoms with Crippen LogP contribution in [0, 0.1) is 0 Å². The largest absolute Gasteiger partial charge is 0.481 e. The summed E-state index contributed by atoms with van der Waals surface area (Å²) in [5.41, 5.74) is 1.33. The highest BCUT2D eigenvalue weighted by atomic mass is 16.4. The lowest BCUT2D eigenvalue weighted by Gasteiger charge is -2.24. The van der Waals surface area contributed by atoms with Crippen molar-refractivity contribution in [3.05, 3.63) is 71.3 Å². The number of hydrogen-bond acceptors (Lipinski definition) is 4. The van der Waals surface area contributed by atoms with E-state index >= 15 is 0 Å². The Morgan fingerprint density at radius 3 is 2.00 bits per heavy atom. The lowest BCUT2D eigenvalue weighted by Crippen LogP contribution is -2.42. The van der Waals surface area contributed by atoms with Crippen LogP contribution in [-0.4, -0.2) is 39.7 Å². The second-order valence-electron chi connectivity index (χ2n) is 6.71. The SMILES string of the molecule is CC(CC(=O)NC(CC(=O)O)c1ccccc1)N1C(=O)c2ccccc2C1=O. The van der Waals surface area contributed by atoms with Crippen LogP contribution in [0.5, 0.6) is 0 Å². The number of aliphatic carboxylic acids is 1. The molecule has 0 fully saturated rings. The van der Waals surface area contributed by atoms with Crippen LogP contribution in [0.1, 0.15) is 52.1 Å². The van der Waals surface area contributed by atoms with Gasteiger partial charge in [-0.1, -0.05) is 42.5 Å². The van der Waals surface area contributed by atoms with E-state index < -0.39 is 35.8 Å². The molecule has 144 valence electrons. The Hall–Kier alpha value is -3.48. The molecule has 3 amide bonds. The maximum absolute atomic E-state index is 12.5. The predicted octanol–water partition coefficient (Wildman–Crippen LogP) is 2.39. The summed E-state index contributed by atoms with van der Waals surface area (Å²) in [4.78, 5) is 49.8. The van der Waals surface area contributed by atoms with E-state index in [4.69, 9.17) is 5.11 Å². The summed E-state index contributed by atoms with van der Waals surface area (Å²) in [5, 5.41) is 11.8. The first-order valence-electron chi connectivity index (χ1n) is 8.91. The highest BCUT2D eigenvalue weighted by molar-refractivity contribution is 6.21. The molecule has 1 heterocycles. The van der Waals surface area contributed by atoms with Crippen molar-refractivity contribution in [2.75, 3.05) is 0 Å². The number of imide groups is 1. The molecule has 0 saturated heterocycles. The van der Waals surface area contributed by atoms with Gasteiger partial charge in [-0.05, 0) is 24.6 Å². The normalized spacial score (nSPS) is 15.1. The lowest BCUT2D eigenvalue weighted by atomic mass is 10.0. The number of nitrogens with zero attached hydrogens (tertiary/aromatic N) is 1. The van der Waals surface area contributed by atoms with Gasteiger partial charge >= 0.3 is 5.97 Å². The van der Waals surface area contributed by atoms with E-state index in [1.54, 1.807) is 61.5 Å². The number of amides is 3. The van der Waals surface area contributed by atoms with Crippen LogP contribution in [0.3, 0.4) is 0 Å². The van der Waals surface area contributed by atoms with Crippen LogP contribution in [0.4, 0.5) is 0 Å². The van der Waals surface area contributed by atoms with Crippen LogP contribution in [-0.2, 0) is 9.59 Å². The van der Waals surface area contributed by atoms with Gasteiger partial charge in [0.25, 0.3) is 11.8 Å². The van der Waals surface area contributed by atoms with Crippen molar-refractivity contribution in [3.63, 3.8) is 0 Å². The molecule has 7 heteroatoms. The molecule has 2 N–H and O–H groups in total. The summed E-state index contributed by atoms with van der Waals surface area (Å²) < 4.78 is 0. The monoisotopic (exact) mass is 380 g/mol. The van der Waals surface area contributed by atoms with Crippen molar-refractivity contribution in [1.29, 1.82) is 0 Å². The van der Waals surface area contributed by atoms with Crippen molar-refractivity contribution >= 4 is 23.7 Å². The fourth-order valence-electron chi connectivity index (χ4n) is 3.33. The molecule has 2 unspecified atom stereocenters. The van der Waals surface area contributed by atoms with Gasteiger partial charge in [0.05, 0.1) is 23.6 Å². The molecule has 7 nitrogen and oxygen atoms in total. The maximum Gasteiger partial charge on any atom is 0.305 e. The van der Waals surface area contributed by atoms with Gasteiger partial charge in [0.2, 0.25) is 5.91 Å². The average Bonchev–Trinajstić information content (AvgIpc) is 2.92. The van der Waals surface area contributed by atoms with E-state index in [1.165, 1.54) is 0 Å². The van der Waals surface area contributed by atoms with Crippen molar-refractivity contribution in [2.24, 2.45) is 0 Å². The molecule has 1 aliphatic rings. The summed E-state index contributed by atoms with van der Waals surface area (Å²) >= 11 is 0. The van der Waals surface area contributed by atoms with E-state index in [9.17, 15) is 19.2 Å². The van der Waals surface area contributed by atoms with Gasteiger partial charge < -0.3 is 10.4 Å². The smallest absolute Gasteiger partial charge is 0.305 e. The number of hydrogen-bond donors (Lipinski definition) is 2. The van der Waals surface area contributed by atoms with E-state index in [0.29, 0.717) is 16.7 Å². The van der Waals surface area contributed by atoms with Gasteiger partial charge in [-0.3, -0.25) is 24.1 Å². The van der Waals surface area contributed by atoms with E-state index in [0.717, 1.165) is 4.90 Å². The van der Waals surface area contributed by atoms with E-state index in [2.05, 4.69) is 5.32 Å². The van der Waals surface area contributed by atoms with Crippen LogP contribution in [0.15, 0.2) is 54.6 Å². The van der Waals surface area contributed by atoms with Crippen LogP contribution < -0.4 is 5.32 Å². The number of fused-ring (bicyclic) bond motifs is 1. The number of carbonyl (C=O) groups excluding carboxylic acids is 3. The third-order valence-electron chi connectivity index (χ3n) is 4.66. The highest BCUT2D eigenvalue weighted by Crippen LogP contribution is 2.25. The quantitative estimate of drug-likeness (QED) is 0.718. The van der Waals surface area contributed by atoms with Gasteiger partial charge in [0.15, 0.2) is 0 Å². The zero-order valence-corrected chi connectivity index (χ0v) is 15.3. The highest BCUT2D eigenvalue weighted by Gasteiger charge is 2.38. The Labute approximate surface area is 162 Å². The molecule has 0 bridgehead atoms. The summed E-state index contributed by atoms with van der Waals surface area (Å²) in [6, 6.07) is 14.0. The standard InChI is InChI=1S/C21H20N2O5/c1-13(23-20(27)15-9-5-6-10-16(15)21(23)28)11-18(24)22-17(12-19(25)26)14-7-3-2-4-8-14/h2-10,13,17H,11-12H2,1H3,(H,22,24)(H,25,26). The molecule has 28 heavy (non-hydrogen) atoms. The zero-order valence-electron chi connectivity index (χ0n) is 15.3. The Bertz CT molecular complexity index is 890. The third kappa shape index (κ3) is 3.93. The Kier molecular flexibility index (Phi) is 5.54. The Balaban J connectivity index is 1.69. The van der Waals surface area contributed by atoms with Gasteiger partial charge in [0.1, 0.15) is 0 Å². The molecule has 0 radical (unpaired) electrons. The summed E-state index contributed by atoms with van der Waals surface area (Å²) in [6.07, 6.45) is -0.383. The minimum absolute atomic E-state index is 0.117. The second-order valence-corrected chi connectivity index (χ2v) is 6.71. The van der Waals surface area contributed by atoms with Gasteiger partial charge in [-0.15, -0.1) is 0 Å². The summed E-state index contributed by atoms with van der Waals surface area (Å²) in [6.45, 7) is 1.62. The minimum atomic E-state index is -1.04. The minimum Gasteiger partial charge on any atom is -0.481 e. The number of carboxylic acids is 1. The van der Waals surface area contributed by atoms with Crippen molar-refractivity contribution in [2.45, 2.75) is 31.8 Å². The van der Waals surface area contributed by atoms with Gasteiger partial charge in [-0.25, -0.2) is 0 Å². The average molecular weight is 380 g/mol. The molecule has 0 aliphatic carbocycles. The van der Waals surface area contributed by atoms with Crippen LogP contribution >= 0.6 is 0 Å². The number of nitrogens with one attached hydrogen (secondary N) is 1. The lowest BCUT2D eigenvalue weighted by molar-refractivity contribution is -0.137. The van der Waals surface area contributed by atoms with Crippen LogP contribution in [0.25, 0.3) is 0 Å². The number of rotatable bonds is 7. The first-order chi connectivity index (χ1) is 13.4.